The Morgan fingerprint density at radius 3 is 2.83 bits per heavy atom. The number of aliphatic imine (C=N–C) groups is 1. The van der Waals surface area contributed by atoms with Gasteiger partial charge in [-0.3, -0.25) is 4.79 Å². The molecular formula is C22H36N4O3. The molecule has 0 spiro atoms. The molecule has 1 N–H and O–H groups in total. The molecule has 1 atom stereocenters. The number of hydrogen-bond acceptors (Lipinski definition) is 5. The fourth-order valence-corrected chi connectivity index (χ4v) is 3.32. The van der Waals surface area contributed by atoms with E-state index in [1.165, 1.54) is 0 Å². The van der Waals surface area contributed by atoms with Crippen molar-refractivity contribution in [2.75, 3.05) is 53.5 Å². The van der Waals surface area contributed by atoms with E-state index in [-0.39, 0.29) is 11.9 Å². The van der Waals surface area contributed by atoms with E-state index in [0.717, 1.165) is 49.7 Å². The number of para-hydroxylation sites is 1. The zero-order valence-electron chi connectivity index (χ0n) is 18.3. The third kappa shape index (κ3) is 7.57. The van der Waals surface area contributed by atoms with Gasteiger partial charge in [-0.25, -0.2) is 4.99 Å². The fraction of sp³-hybridized carbons (Fsp3) is 0.636. The number of benzene rings is 1. The van der Waals surface area contributed by atoms with Crippen LogP contribution in [-0.4, -0.2) is 75.2 Å². The lowest BCUT2D eigenvalue weighted by molar-refractivity contribution is -0.149. The molecule has 1 aromatic carbocycles. The predicted molar refractivity (Wildman–Crippen MR) is 116 cm³/mol. The van der Waals surface area contributed by atoms with Gasteiger partial charge in [-0.1, -0.05) is 18.2 Å². The Bertz CT molecular complexity index is 663. The number of nitrogens with one attached hydrogen (secondary N) is 1. The van der Waals surface area contributed by atoms with Crippen molar-refractivity contribution in [3.63, 3.8) is 0 Å². The topological polar surface area (TPSA) is 66.4 Å². The van der Waals surface area contributed by atoms with Crippen molar-refractivity contribution >= 4 is 11.9 Å². The summed E-state index contributed by atoms with van der Waals surface area (Å²) < 4.78 is 11.2. The monoisotopic (exact) mass is 404 g/mol. The third-order valence-corrected chi connectivity index (χ3v) is 4.84. The molecule has 0 aliphatic carbocycles. The van der Waals surface area contributed by atoms with Crippen molar-refractivity contribution in [1.29, 1.82) is 0 Å². The Morgan fingerprint density at radius 2 is 2.10 bits per heavy atom. The molecule has 7 nitrogen and oxygen atoms in total. The molecule has 1 saturated heterocycles. The molecule has 0 bridgehead atoms. The normalized spacial score (nSPS) is 17.3. The lowest BCUT2D eigenvalue weighted by Gasteiger charge is -2.34. The van der Waals surface area contributed by atoms with Crippen molar-refractivity contribution in [3.05, 3.63) is 29.8 Å². The molecule has 1 heterocycles. The molecule has 0 aromatic heterocycles. The highest BCUT2D eigenvalue weighted by molar-refractivity contribution is 5.81. The SMILES string of the molecule is CCNC(=NCc1ccccc1OCCN(C)C)N1CCCC(C(=O)OCC)C1. The van der Waals surface area contributed by atoms with Gasteiger partial charge >= 0.3 is 5.97 Å². The summed E-state index contributed by atoms with van der Waals surface area (Å²) >= 11 is 0. The summed E-state index contributed by atoms with van der Waals surface area (Å²) in [5.74, 6) is 1.52. The fourth-order valence-electron chi connectivity index (χ4n) is 3.32. The first-order valence-electron chi connectivity index (χ1n) is 10.6. The van der Waals surface area contributed by atoms with E-state index >= 15 is 0 Å². The first kappa shape index (κ1) is 23.0. The molecule has 2 rings (SSSR count). The lowest BCUT2D eigenvalue weighted by Crippen LogP contribution is -2.48. The number of nitrogens with zero attached hydrogens (tertiary/aromatic N) is 3. The van der Waals surface area contributed by atoms with Crippen LogP contribution in [0.2, 0.25) is 0 Å². The maximum absolute atomic E-state index is 12.2. The molecule has 1 aliphatic heterocycles. The number of carbonyl (C=O) groups is 1. The Kier molecular flexibility index (Phi) is 9.77. The molecule has 0 saturated carbocycles. The molecule has 7 heteroatoms. The number of piperidine rings is 1. The highest BCUT2D eigenvalue weighted by atomic mass is 16.5. The van der Waals surface area contributed by atoms with Crippen molar-refractivity contribution in [1.82, 2.24) is 15.1 Å². The highest BCUT2D eigenvalue weighted by Gasteiger charge is 2.28. The van der Waals surface area contributed by atoms with E-state index in [1.54, 1.807) is 0 Å². The van der Waals surface area contributed by atoms with E-state index in [9.17, 15) is 4.79 Å². The van der Waals surface area contributed by atoms with Gasteiger partial charge in [0.2, 0.25) is 0 Å². The average molecular weight is 405 g/mol. The van der Waals surface area contributed by atoms with Crippen LogP contribution in [0.1, 0.15) is 32.3 Å². The summed E-state index contributed by atoms with van der Waals surface area (Å²) in [4.78, 5) is 21.3. The van der Waals surface area contributed by atoms with Crippen molar-refractivity contribution in [3.8, 4) is 5.75 Å². The summed E-state index contributed by atoms with van der Waals surface area (Å²) in [6, 6.07) is 8.03. The van der Waals surface area contributed by atoms with Gasteiger partial charge in [0.25, 0.3) is 0 Å². The van der Waals surface area contributed by atoms with Crippen LogP contribution in [0.15, 0.2) is 29.3 Å². The number of likely N-dealkylation sites (N-methyl/N-ethyl adjacent to an activating group) is 1. The largest absolute Gasteiger partial charge is 0.492 e. The lowest BCUT2D eigenvalue weighted by atomic mass is 9.98. The Hall–Kier alpha value is -2.28. The molecular weight excluding hydrogens is 368 g/mol. The van der Waals surface area contributed by atoms with Crippen LogP contribution in [0.5, 0.6) is 5.75 Å². The van der Waals surface area contributed by atoms with Crippen molar-refractivity contribution < 1.29 is 14.3 Å². The number of hydrogen-bond donors (Lipinski definition) is 1. The maximum atomic E-state index is 12.2. The second-order valence-corrected chi connectivity index (χ2v) is 7.47. The van der Waals surface area contributed by atoms with Gasteiger partial charge in [-0.05, 0) is 46.9 Å². The minimum absolute atomic E-state index is 0.0887. The Morgan fingerprint density at radius 1 is 1.31 bits per heavy atom. The summed E-state index contributed by atoms with van der Waals surface area (Å²) in [6.07, 6.45) is 1.83. The molecule has 162 valence electrons. The first-order chi connectivity index (χ1) is 14.0. The molecule has 1 aromatic rings. The summed E-state index contributed by atoms with van der Waals surface area (Å²) in [7, 11) is 4.06. The number of carbonyl (C=O) groups excluding carboxylic acids is 1. The van der Waals surface area contributed by atoms with E-state index < -0.39 is 0 Å². The average Bonchev–Trinajstić information content (AvgIpc) is 2.72. The van der Waals surface area contributed by atoms with Gasteiger partial charge < -0.3 is 24.6 Å². The number of guanidine groups is 1. The summed E-state index contributed by atoms with van der Waals surface area (Å²) in [5, 5.41) is 3.37. The standard InChI is InChI=1S/C22H36N4O3/c1-5-23-22(26-13-9-11-19(17-26)21(27)28-6-2)24-16-18-10-7-8-12-20(18)29-15-14-25(3)4/h7-8,10,12,19H,5-6,9,11,13-17H2,1-4H3,(H,23,24). The molecule has 0 amide bonds. The minimum Gasteiger partial charge on any atom is -0.492 e. The summed E-state index contributed by atoms with van der Waals surface area (Å²) in [5.41, 5.74) is 1.06. The smallest absolute Gasteiger partial charge is 0.310 e. The predicted octanol–water partition coefficient (Wildman–Crippen LogP) is 2.37. The van der Waals surface area contributed by atoms with Gasteiger partial charge in [0.1, 0.15) is 12.4 Å². The van der Waals surface area contributed by atoms with Crippen molar-refractivity contribution in [2.45, 2.75) is 33.2 Å². The molecule has 29 heavy (non-hydrogen) atoms. The van der Waals surface area contributed by atoms with Gasteiger partial charge in [0, 0.05) is 31.7 Å². The van der Waals surface area contributed by atoms with Crippen LogP contribution in [0, 0.1) is 5.92 Å². The van der Waals surface area contributed by atoms with Crippen LogP contribution in [0.3, 0.4) is 0 Å². The molecule has 1 aliphatic rings. The van der Waals surface area contributed by atoms with E-state index in [0.29, 0.717) is 26.3 Å². The van der Waals surface area contributed by atoms with Gasteiger partial charge in [-0.2, -0.15) is 0 Å². The van der Waals surface area contributed by atoms with Crippen LogP contribution < -0.4 is 10.1 Å². The quantitative estimate of drug-likeness (QED) is 0.387. The van der Waals surface area contributed by atoms with Gasteiger partial charge in [0.15, 0.2) is 5.96 Å². The molecule has 1 unspecified atom stereocenters. The molecule has 1 fully saturated rings. The second kappa shape index (κ2) is 12.3. The maximum Gasteiger partial charge on any atom is 0.310 e. The van der Waals surface area contributed by atoms with E-state index in [4.69, 9.17) is 14.5 Å². The second-order valence-electron chi connectivity index (χ2n) is 7.47. The van der Waals surface area contributed by atoms with E-state index in [2.05, 4.69) is 28.1 Å². The highest BCUT2D eigenvalue weighted by Crippen LogP contribution is 2.21. The Balaban J connectivity index is 2.06. The van der Waals surface area contributed by atoms with Gasteiger partial charge in [0.05, 0.1) is 19.1 Å². The van der Waals surface area contributed by atoms with Crippen LogP contribution in [-0.2, 0) is 16.1 Å². The van der Waals surface area contributed by atoms with E-state index in [1.807, 2.05) is 39.2 Å². The first-order valence-corrected chi connectivity index (χ1v) is 10.6. The zero-order valence-corrected chi connectivity index (χ0v) is 18.3. The number of ether oxygens (including phenoxy) is 2. The summed E-state index contributed by atoms with van der Waals surface area (Å²) in [6.45, 7) is 8.68. The number of likely N-dealkylation sites (tertiary alicyclic amines) is 1. The Labute approximate surface area is 175 Å². The van der Waals surface area contributed by atoms with Gasteiger partial charge in [-0.15, -0.1) is 0 Å². The van der Waals surface area contributed by atoms with Crippen LogP contribution in [0.4, 0.5) is 0 Å². The minimum atomic E-state index is -0.104. The van der Waals surface area contributed by atoms with Crippen molar-refractivity contribution in [2.24, 2.45) is 10.9 Å². The molecule has 0 radical (unpaired) electrons. The number of esters is 1. The zero-order chi connectivity index (χ0) is 21.1. The van der Waals surface area contributed by atoms with Crippen LogP contribution in [0.25, 0.3) is 0 Å². The number of rotatable bonds is 9. The van der Waals surface area contributed by atoms with Crippen LogP contribution >= 0.6 is 0 Å². The third-order valence-electron chi connectivity index (χ3n) is 4.84.